The lowest BCUT2D eigenvalue weighted by Gasteiger charge is -2.28. The van der Waals surface area contributed by atoms with Gasteiger partial charge in [-0.15, -0.1) is 0 Å². The second kappa shape index (κ2) is 5.17. The summed E-state index contributed by atoms with van der Waals surface area (Å²) < 4.78 is 5.30. The van der Waals surface area contributed by atoms with Crippen LogP contribution in [0.5, 0.6) is 0 Å². The van der Waals surface area contributed by atoms with Crippen LogP contribution in [0.3, 0.4) is 0 Å². The lowest BCUT2D eigenvalue weighted by atomic mass is 9.82. The summed E-state index contributed by atoms with van der Waals surface area (Å²) in [6.07, 6.45) is 5.90. The minimum absolute atomic E-state index is 0.270. The van der Waals surface area contributed by atoms with E-state index < -0.39 is 0 Å². The van der Waals surface area contributed by atoms with Crippen molar-refractivity contribution in [1.82, 2.24) is 4.90 Å². The van der Waals surface area contributed by atoms with E-state index in [2.05, 4.69) is 6.92 Å². The number of methoxy groups -OCH3 is 1. The van der Waals surface area contributed by atoms with Gasteiger partial charge in [-0.3, -0.25) is 4.79 Å². The topological polar surface area (TPSA) is 29.5 Å². The van der Waals surface area contributed by atoms with E-state index in [4.69, 9.17) is 4.74 Å². The zero-order valence-electron chi connectivity index (χ0n) is 10.4. The van der Waals surface area contributed by atoms with Crippen LogP contribution in [0, 0.1) is 11.8 Å². The Kier molecular flexibility index (Phi) is 3.85. The highest BCUT2D eigenvalue weighted by Crippen LogP contribution is 2.30. The van der Waals surface area contributed by atoms with Crippen LogP contribution in [0.2, 0.25) is 0 Å². The zero-order valence-corrected chi connectivity index (χ0v) is 10.4. The van der Waals surface area contributed by atoms with Crippen molar-refractivity contribution in [2.75, 3.05) is 20.2 Å². The summed E-state index contributed by atoms with van der Waals surface area (Å²) in [5.74, 6) is 1.49. The molecule has 2 fully saturated rings. The second-order valence-electron chi connectivity index (χ2n) is 5.39. The lowest BCUT2D eigenvalue weighted by molar-refractivity contribution is -0.136. The summed E-state index contributed by atoms with van der Waals surface area (Å²) in [6.45, 7) is 3.99. The number of nitrogens with zero attached hydrogens (tertiary/aromatic N) is 1. The summed E-state index contributed by atoms with van der Waals surface area (Å²) in [6, 6.07) is 0. The van der Waals surface area contributed by atoms with Crippen LogP contribution >= 0.6 is 0 Å². The number of hydrogen-bond donors (Lipinski definition) is 0. The molecule has 1 atom stereocenters. The molecule has 2 rings (SSSR count). The molecular weight excluding hydrogens is 202 g/mol. The smallest absolute Gasteiger partial charge is 0.225 e. The number of rotatable bonds is 2. The first-order valence-corrected chi connectivity index (χ1v) is 6.52. The average Bonchev–Trinajstić information content (AvgIpc) is 2.77. The first kappa shape index (κ1) is 11.9. The predicted molar refractivity (Wildman–Crippen MR) is 63.1 cm³/mol. The second-order valence-corrected chi connectivity index (χ2v) is 5.39. The van der Waals surface area contributed by atoms with Gasteiger partial charge in [0, 0.05) is 26.1 Å². The highest BCUT2D eigenvalue weighted by Gasteiger charge is 2.32. The SMILES string of the molecule is COC1CCN(C(=O)C2CCC(C)CC2)C1. The van der Waals surface area contributed by atoms with Crippen molar-refractivity contribution in [3.05, 3.63) is 0 Å². The van der Waals surface area contributed by atoms with Gasteiger partial charge in [0.2, 0.25) is 5.91 Å². The number of amides is 1. The summed E-state index contributed by atoms with van der Waals surface area (Å²) in [7, 11) is 1.74. The molecule has 0 spiro atoms. The molecule has 1 amide bonds. The van der Waals surface area contributed by atoms with Crippen LogP contribution < -0.4 is 0 Å². The van der Waals surface area contributed by atoms with Crippen LogP contribution in [-0.4, -0.2) is 37.1 Å². The summed E-state index contributed by atoms with van der Waals surface area (Å²) >= 11 is 0. The molecule has 3 nitrogen and oxygen atoms in total. The van der Waals surface area contributed by atoms with E-state index in [-0.39, 0.29) is 6.10 Å². The van der Waals surface area contributed by atoms with Gasteiger partial charge in [0.25, 0.3) is 0 Å². The molecule has 92 valence electrons. The number of hydrogen-bond acceptors (Lipinski definition) is 2. The van der Waals surface area contributed by atoms with Gasteiger partial charge in [0.1, 0.15) is 0 Å². The van der Waals surface area contributed by atoms with Gasteiger partial charge in [0.15, 0.2) is 0 Å². The summed E-state index contributed by atoms with van der Waals surface area (Å²) in [5, 5.41) is 0. The van der Waals surface area contributed by atoms with Crippen LogP contribution in [-0.2, 0) is 9.53 Å². The van der Waals surface area contributed by atoms with E-state index in [0.29, 0.717) is 11.8 Å². The highest BCUT2D eigenvalue weighted by molar-refractivity contribution is 5.79. The van der Waals surface area contributed by atoms with Crippen molar-refractivity contribution in [3.8, 4) is 0 Å². The molecule has 0 aromatic rings. The number of ether oxygens (including phenoxy) is 1. The number of carbonyl (C=O) groups excluding carboxylic acids is 1. The number of likely N-dealkylation sites (tertiary alicyclic amines) is 1. The third kappa shape index (κ3) is 2.57. The summed E-state index contributed by atoms with van der Waals surface area (Å²) in [5.41, 5.74) is 0. The van der Waals surface area contributed by atoms with E-state index in [0.717, 1.165) is 38.3 Å². The van der Waals surface area contributed by atoms with Gasteiger partial charge >= 0.3 is 0 Å². The third-order valence-corrected chi connectivity index (χ3v) is 4.16. The molecule has 1 saturated carbocycles. The van der Waals surface area contributed by atoms with Crippen LogP contribution in [0.15, 0.2) is 0 Å². The largest absolute Gasteiger partial charge is 0.380 e. The van der Waals surface area contributed by atoms with Crippen molar-refractivity contribution in [2.24, 2.45) is 11.8 Å². The Bertz CT molecular complexity index is 242. The Morgan fingerprint density at radius 3 is 2.44 bits per heavy atom. The number of carbonyl (C=O) groups is 1. The van der Waals surface area contributed by atoms with Crippen molar-refractivity contribution in [2.45, 2.75) is 45.1 Å². The maximum Gasteiger partial charge on any atom is 0.225 e. The van der Waals surface area contributed by atoms with Crippen LogP contribution in [0.4, 0.5) is 0 Å². The van der Waals surface area contributed by atoms with E-state index in [9.17, 15) is 4.79 Å². The fourth-order valence-electron chi connectivity index (χ4n) is 2.89. The minimum Gasteiger partial charge on any atom is -0.380 e. The molecule has 0 N–H and O–H groups in total. The molecule has 1 aliphatic carbocycles. The molecule has 1 saturated heterocycles. The fourth-order valence-corrected chi connectivity index (χ4v) is 2.89. The zero-order chi connectivity index (χ0) is 11.5. The van der Waals surface area contributed by atoms with Gasteiger partial charge in [-0.1, -0.05) is 6.92 Å². The quantitative estimate of drug-likeness (QED) is 0.720. The van der Waals surface area contributed by atoms with Gasteiger partial charge in [-0.25, -0.2) is 0 Å². The molecule has 3 heteroatoms. The van der Waals surface area contributed by atoms with Crippen molar-refractivity contribution in [1.29, 1.82) is 0 Å². The molecular formula is C13H23NO2. The minimum atomic E-state index is 0.270. The molecule has 0 aromatic carbocycles. The normalized spacial score (nSPS) is 35.4. The maximum absolute atomic E-state index is 12.2. The van der Waals surface area contributed by atoms with E-state index in [1.54, 1.807) is 7.11 Å². The molecule has 0 bridgehead atoms. The lowest BCUT2D eigenvalue weighted by Crippen LogP contribution is -2.36. The molecule has 1 unspecified atom stereocenters. The molecule has 1 heterocycles. The molecule has 16 heavy (non-hydrogen) atoms. The maximum atomic E-state index is 12.2. The van der Waals surface area contributed by atoms with Crippen molar-refractivity contribution in [3.63, 3.8) is 0 Å². The Balaban J connectivity index is 1.83. The van der Waals surface area contributed by atoms with Crippen molar-refractivity contribution < 1.29 is 9.53 Å². The first-order valence-electron chi connectivity index (χ1n) is 6.52. The Labute approximate surface area is 98.1 Å². The fraction of sp³-hybridized carbons (Fsp3) is 0.923. The average molecular weight is 225 g/mol. The molecule has 0 aromatic heterocycles. The molecule has 0 radical (unpaired) electrons. The summed E-state index contributed by atoms with van der Waals surface area (Å²) in [4.78, 5) is 14.2. The highest BCUT2D eigenvalue weighted by atomic mass is 16.5. The Morgan fingerprint density at radius 2 is 1.88 bits per heavy atom. The Hall–Kier alpha value is -0.570. The van der Waals surface area contributed by atoms with E-state index in [1.807, 2.05) is 4.90 Å². The molecule has 1 aliphatic heterocycles. The van der Waals surface area contributed by atoms with Crippen LogP contribution in [0.1, 0.15) is 39.0 Å². The van der Waals surface area contributed by atoms with Gasteiger partial charge in [-0.05, 0) is 38.0 Å². The Morgan fingerprint density at radius 1 is 1.19 bits per heavy atom. The van der Waals surface area contributed by atoms with Gasteiger partial charge < -0.3 is 9.64 Å². The van der Waals surface area contributed by atoms with Gasteiger partial charge in [0.05, 0.1) is 6.10 Å². The van der Waals surface area contributed by atoms with Gasteiger partial charge in [-0.2, -0.15) is 0 Å². The first-order chi connectivity index (χ1) is 7.70. The third-order valence-electron chi connectivity index (χ3n) is 4.16. The van der Waals surface area contributed by atoms with Crippen molar-refractivity contribution >= 4 is 5.91 Å². The van der Waals surface area contributed by atoms with Crippen LogP contribution in [0.25, 0.3) is 0 Å². The van der Waals surface area contributed by atoms with E-state index >= 15 is 0 Å². The molecule has 2 aliphatic rings. The predicted octanol–water partition coefficient (Wildman–Crippen LogP) is 2.06. The standard InChI is InChI=1S/C13H23NO2/c1-10-3-5-11(6-4-10)13(15)14-8-7-12(9-14)16-2/h10-12H,3-9H2,1-2H3. The monoisotopic (exact) mass is 225 g/mol. The van der Waals surface area contributed by atoms with E-state index in [1.165, 1.54) is 12.8 Å².